The Balaban J connectivity index is 1.45. The molecule has 5 heteroatoms. The van der Waals surface area contributed by atoms with Gasteiger partial charge in [0, 0.05) is 38.7 Å². The number of nitrogens with one attached hydrogen (secondary N) is 2. The van der Waals surface area contributed by atoms with Crippen molar-refractivity contribution in [3.63, 3.8) is 0 Å². The zero-order chi connectivity index (χ0) is 29.6. The molecule has 210 valence electrons. The zero-order valence-electron chi connectivity index (χ0n) is 24.3. The van der Waals surface area contributed by atoms with E-state index in [1.165, 1.54) is 16.6 Å². The van der Waals surface area contributed by atoms with Gasteiger partial charge in [0.25, 0.3) is 0 Å². The Kier molecular flexibility index (Phi) is 6.13. The summed E-state index contributed by atoms with van der Waals surface area (Å²) in [5.41, 5.74) is 12.1. The van der Waals surface area contributed by atoms with E-state index in [9.17, 15) is 0 Å². The molecule has 5 nitrogen and oxygen atoms in total. The molecule has 44 heavy (non-hydrogen) atoms. The number of nitrogens with zero attached hydrogens (tertiary/aromatic N) is 3. The molecule has 7 aromatic rings. The summed E-state index contributed by atoms with van der Waals surface area (Å²) >= 11 is 0. The fourth-order valence-corrected chi connectivity index (χ4v) is 6.41. The number of rotatable bonds is 4. The number of allylic oxidation sites excluding steroid dienone is 1. The molecule has 8 rings (SSSR count). The van der Waals surface area contributed by atoms with Crippen molar-refractivity contribution in [3.8, 4) is 5.69 Å². The van der Waals surface area contributed by atoms with Gasteiger partial charge >= 0.3 is 0 Å². The van der Waals surface area contributed by atoms with Crippen molar-refractivity contribution in [3.05, 3.63) is 156 Å². The third kappa shape index (κ3) is 4.20. The third-order valence-corrected chi connectivity index (χ3v) is 8.42. The minimum Gasteiger partial charge on any atom is -0.311 e. The van der Waals surface area contributed by atoms with Crippen molar-refractivity contribution in [1.82, 2.24) is 9.24 Å². The van der Waals surface area contributed by atoms with Crippen molar-refractivity contribution >= 4 is 50.5 Å². The molecule has 0 spiro atoms. The summed E-state index contributed by atoms with van der Waals surface area (Å²) in [6.45, 7) is 2.28. The molecule has 0 aliphatic heterocycles. The van der Waals surface area contributed by atoms with Crippen molar-refractivity contribution in [2.75, 3.05) is 5.43 Å². The average Bonchev–Trinajstić information content (AvgIpc) is 3.57. The molecule has 0 fully saturated rings. The highest BCUT2D eigenvalue weighted by molar-refractivity contribution is 6.21. The van der Waals surface area contributed by atoms with Crippen LogP contribution in [0.2, 0.25) is 0 Å². The molecule has 1 unspecified atom stereocenters. The first-order chi connectivity index (χ1) is 21.7. The molecule has 1 aliphatic carbocycles. The number of aliphatic imine (C=N–C) groups is 1. The molecular formula is C39H29N5. The summed E-state index contributed by atoms with van der Waals surface area (Å²) in [5.74, 6) is 1.13. The number of aromatic nitrogens is 2. The van der Waals surface area contributed by atoms with E-state index in [0.29, 0.717) is 11.8 Å². The first-order valence-corrected chi connectivity index (χ1v) is 14.9. The van der Waals surface area contributed by atoms with Crippen molar-refractivity contribution < 1.29 is 0 Å². The van der Waals surface area contributed by atoms with E-state index in [-0.39, 0.29) is 5.84 Å². The average molecular weight is 568 g/mol. The summed E-state index contributed by atoms with van der Waals surface area (Å²) < 4.78 is 4.58. The Morgan fingerprint density at radius 3 is 2.36 bits per heavy atom. The standard InChI is InChI=1S/C39H29N5/c1-26-21-22-31-32-23-24-33-30-19-11-12-20-34(30)44(37(33)36(32)43(35(31)25-26)29-17-9-4-10-18-29)42-39(28-15-7-3-8-16-28)41-38(40)27-13-5-2-6-14-27/h2-7,9-15,17-24,26H,25H2,1H3,(H2,40,41,42). The maximum absolute atomic E-state index is 8.88. The molecule has 5 aromatic carbocycles. The van der Waals surface area contributed by atoms with E-state index >= 15 is 0 Å². The second kappa shape index (κ2) is 10.4. The SMILES string of the molecule is CC1C=Cc2c(n(-c3ccccc3)c3c2ccc2c4ccccc4n(N/C(=N\C(=N)c4ccccc4)c4c#cccc4)c23)C1. The van der Waals surface area contributed by atoms with Crippen molar-refractivity contribution in [2.24, 2.45) is 10.9 Å². The van der Waals surface area contributed by atoms with Crippen molar-refractivity contribution in [1.29, 1.82) is 5.41 Å². The highest BCUT2D eigenvalue weighted by atomic mass is 15.4. The minimum absolute atomic E-state index is 0.165. The van der Waals surface area contributed by atoms with E-state index in [4.69, 9.17) is 10.4 Å². The summed E-state index contributed by atoms with van der Waals surface area (Å²) in [4.78, 5) is 4.84. The van der Waals surface area contributed by atoms with Gasteiger partial charge in [0.15, 0.2) is 11.7 Å². The van der Waals surface area contributed by atoms with Crippen molar-refractivity contribution in [2.45, 2.75) is 13.3 Å². The van der Waals surface area contributed by atoms with Crippen LogP contribution in [-0.2, 0) is 6.42 Å². The molecule has 1 atom stereocenters. The Hall–Kier alpha value is -5.86. The molecule has 0 saturated carbocycles. The summed E-state index contributed by atoms with van der Waals surface area (Å²) in [6.07, 6.45) is 5.57. The van der Waals surface area contributed by atoms with Crippen LogP contribution in [0.4, 0.5) is 0 Å². The van der Waals surface area contributed by atoms with E-state index < -0.39 is 0 Å². The molecule has 0 saturated heterocycles. The van der Waals surface area contributed by atoms with E-state index in [0.717, 1.165) is 50.6 Å². The van der Waals surface area contributed by atoms with E-state index in [1.807, 2.05) is 48.5 Å². The van der Waals surface area contributed by atoms with Gasteiger partial charge in [-0.1, -0.05) is 116 Å². The quantitative estimate of drug-likeness (QED) is 0.162. The van der Waals surface area contributed by atoms with Crippen LogP contribution < -0.4 is 5.43 Å². The maximum atomic E-state index is 8.88. The smallest absolute Gasteiger partial charge is 0.163 e. The molecule has 0 bridgehead atoms. The fraction of sp³-hybridized carbons (Fsp3) is 0.0769. The van der Waals surface area contributed by atoms with Gasteiger partial charge in [-0.25, -0.2) is 4.99 Å². The summed E-state index contributed by atoms with van der Waals surface area (Å²) in [6, 6.07) is 45.2. The van der Waals surface area contributed by atoms with Gasteiger partial charge < -0.3 is 4.57 Å². The predicted octanol–water partition coefficient (Wildman–Crippen LogP) is 8.56. The van der Waals surface area contributed by atoms with Crippen LogP contribution in [0.1, 0.15) is 29.3 Å². The molecule has 0 radical (unpaired) electrons. The van der Waals surface area contributed by atoms with Crippen LogP contribution in [0.5, 0.6) is 0 Å². The monoisotopic (exact) mass is 567 g/mol. The van der Waals surface area contributed by atoms with Gasteiger partial charge in [0.1, 0.15) is 0 Å². The van der Waals surface area contributed by atoms with Crippen LogP contribution in [0.3, 0.4) is 0 Å². The van der Waals surface area contributed by atoms with Gasteiger partial charge in [-0.05, 0) is 42.7 Å². The lowest BCUT2D eigenvalue weighted by Gasteiger charge is -2.18. The molecule has 0 amide bonds. The number of amidine groups is 2. The Bertz CT molecular complexity index is 2240. The minimum atomic E-state index is 0.165. The molecular weight excluding hydrogens is 538 g/mol. The lowest BCUT2D eigenvalue weighted by Crippen LogP contribution is -2.25. The van der Waals surface area contributed by atoms with Gasteiger partial charge in [-0.3, -0.25) is 15.5 Å². The first-order valence-electron chi connectivity index (χ1n) is 14.9. The highest BCUT2D eigenvalue weighted by Gasteiger charge is 2.25. The normalized spacial score (nSPS) is 14.6. The third-order valence-electron chi connectivity index (χ3n) is 8.42. The largest absolute Gasteiger partial charge is 0.311 e. The number of benzene rings is 4. The van der Waals surface area contributed by atoms with E-state index in [1.54, 1.807) is 0 Å². The maximum Gasteiger partial charge on any atom is 0.163 e. The zero-order valence-corrected chi connectivity index (χ0v) is 24.3. The summed E-state index contributed by atoms with van der Waals surface area (Å²) in [5, 5.41) is 12.4. The molecule has 2 heterocycles. The fourth-order valence-electron chi connectivity index (χ4n) is 6.41. The van der Waals surface area contributed by atoms with Crippen LogP contribution in [-0.4, -0.2) is 20.9 Å². The molecule has 2 N–H and O–H groups in total. The Labute approximate surface area is 255 Å². The Morgan fingerprint density at radius 2 is 1.57 bits per heavy atom. The van der Waals surface area contributed by atoms with Gasteiger partial charge in [0.2, 0.25) is 0 Å². The highest BCUT2D eigenvalue weighted by Crippen LogP contribution is 2.41. The summed E-state index contributed by atoms with van der Waals surface area (Å²) in [7, 11) is 0. The van der Waals surface area contributed by atoms with Crippen LogP contribution in [0, 0.1) is 23.5 Å². The lowest BCUT2D eigenvalue weighted by atomic mass is 9.94. The topological polar surface area (TPSA) is 58.1 Å². The lowest BCUT2D eigenvalue weighted by molar-refractivity contribution is 0.691. The molecule has 2 aromatic heterocycles. The number of hydrogen-bond donors (Lipinski definition) is 2. The number of fused-ring (bicyclic) bond motifs is 7. The van der Waals surface area contributed by atoms with Crippen LogP contribution in [0.15, 0.2) is 126 Å². The van der Waals surface area contributed by atoms with Gasteiger partial charge in [-0.15, -0.1) is 0 Å². The predicted molar refractivity (Wildman–Crippen MR) is 181 cm³/mol. The Morgan fingerprint density at radius 1 is 0.818 bits per heavy atom. The van der Waals surface area contributed by atoms with Gasteiger partial charge in [0.05, 0.1) is 22.1 Å². The van der Waals surface area contributed by atoms with Crippen LogP contribution >= 0.6 is 0 Å². The number of hydrogen-bond acceptors (Lipinski definition) is 1. The van der Waals surface area contributed by atoms with Crippen LogP contribution in [0.25, 0.3) is 44.5 Å². The second-order valence-electron chi connectivity index (χ2n) is 11.3. The first kappa shape index (κ1) is 25.8. The van der Waals surface area contributed by atoms with Gasteiger partial charge in [-0.2, -0.15) is 0 Å². The van der Waals surface area contributed by atoms with E-state index in [2.05, 4.69) is 113 Å². The molecule has 1 aliphatic rings. The number of para-hydroxylation sites is 2. The second-order valence-corrected chi connectivity index (χ2v) is 11.3.